The average Bonchev–Trinajstić information content (AvgIpc) is 2.30. The van der Waals surface area contributed by atoms with Gasteiger partial charge in [0.1, 0.15) is 4.99 Å². The van der Waals surface area contributed by atoms with Crippen LogP contribution in [-0.2, 0) is 0 Å². The smallest absolute Gasteiger partial charge is 0.104 e. The van der Waals surface area contributed by atoms with Crippen LogP contribution in [0.1, 0.15) is 24.0 Å². The van der Waals surface area contributed by atoms with Crippen molar-refractivity contribution in [1.82, 2.24) is 0 Å². The minimum atomic E-state index is 0.474. The van der Waals surface area contributed by atoms with Gasteiger partial charge in [-0.25, -0.2) is 0 Å². The quantitative estimate of drug-likeness (QED) is 0.825. The summed E-state index contributed by atoms with van der Waals surface area (Å²) in [6, 6.07) is 6.81. The molecule has 1 aromatic carbocycles. The van der Waals surface area contributed by atoms with Crippen LogP contribution in [0.15, 0.2) is 18.2 Å². The van der Waals surface area contributed by atoms with Crippen LogP contribution in [0.4, 0.5) is 5.69 Å². The SMILES string of the molecule is Cc1cc(NC2CCCSC2)ccc1C(N)=S. The molecule has 1 heterocycles. The van der Waals surface area contributed by atoms with Crippen LogP contribution < -0.4 is 11.1 Å². The lowest BCUT2D eigenvalue weighted by Crippen LogP contribution is -2.25. The van der Waals surface area contributed by atoms with Gasteiger partial charge in [-0.3, -0.25) is 0 Å². The van der Waals surface area contributed by atoms with E-state index in [1.807, 2.05) is 17.8 Å². The van der Waals surface area contributed by atoms with Crippen LogP contribution in [0.25, 0.3) is 0 Å². The van der Waals surface area contributed by atoms with Crippen molar-refractivity contribution in [2.75, 3.05) is 16.8 Å². The van der Waals surface area contributed by atoms with Crippen LogP contribution in [0.3, 0.4) is 0 Å². The fourth-order valence-electron chi connectivity index (χ4n) is 2.12. The highest BCUT2D eigenvalue weighted by molar-refractivity contribution is 7.99. The zero-order valence-electron chi connectivity index (χ0n) is 10.0. The van der Waals surface area contributed by atoms with Gasteiger partial charge >= 0.3 is 0 Å². The van der Waals surface area contributed by atoms with Crippen LogP contribution in [0.2, 0.25) is 0 Å². The third kappa shape index (κ3) is 3.36. The minimum absolute atomic E-state index is 0.474. The number of benzene rings is 1. The van der Waals surface area contributed by atoms with Crippen molar-refractivity contribution in [3.63, 3.8) is 0 Å². The van der Waals surface area contributed by atoms with E-state index in [1.54, 1.807) is 0 Å². The van der Waals surface area contributed by atoms with Gasteiger partial charge in [0.25, 0.3) is 0 Å². The van der Waals surface area contributed by atoms with Crippen molar-refractivity contribution < 1.29 is 0 Å². The second-order valence-electron chi connectivity index (χ2n) is 4.45. The number of hydrogen-bond donors (Lipinski definition) is 2. The molecule has 92 valence electrons. The van der Waals surface area contributed by atoms with E-state index < -0.39 is 0 Å². The predicted octanol–water partition coefficient (Wildman–Crippen LogP) is 2.94. The van der Waals surface area contributed by atoms with Crippen molar-refractivity contribution in [2.24, 2.45) is 5.73 Å². The van der Waals surface area contributed by atoms with E-state index in [4.69, 9.17) is 18.0 Å². The Balaban J connectivity index is 2.06. The number of nitrogens with two attached hydrogens (primary N) is 1. The van der Waals surface area contributed by atoms with Gasteiger partial charge in [0, 0.05) is 23.0 Å². The van der Waals surface area contributed by atoms with Gasteiger partial charge in [-0.15, -0.1) is 0 Å². The third-order valence-corrected chi connectivity index (χ3v) is 4.46. The summed E-state index contributed by atoms with van der Waals surface area (Å²) < 4.78 is 0. The highest BCUT2D eigenvalue weighted by Crippen LogP contribution is 2.22. The first kappa shape index (κ1) is 12.7. The molecule has 1 aromatic rings. The number of aryl methyl sites for hydroxylation is 1. The fraction of sp³-hybridized carbons (Fsp3) is 0.462. The molecule has 3 N–H and O–H groups in total. The zero-order chi connectivity index (χ0) is 12.3. The molecule has 2 rings (SSSR count). The summed E-state index contributed by atoms with van der Waals surface area (Å²) in [7, 11) is 0. The minimum Gasteiger partial charge on any atom is -0.389 e. The van der Waals surface area contributed by atoms with Crippen molar-refractivity contribution in [3.05, 3.63) is 29.3 Å². The Kier molecular flexibility index (Phi) is 4.29. The zero-order valence-corrected chi connectivity index (χ0v) is 11.7. The molecule has 4 heteroatoms. The predicted molar refractivity (Wildman–Crippen MR) is 81.0 cm³/mol. The molecular weight excluding hydrogens is 248 g/mol. The van der Waals surface area contributed by atoms with E-state index in [0.29, 0.717) is 11.0 Å². The summed E-state index contributed by atoms with van der Waals surface area (Å²) in [5.74, 6) is 2.51. The normalized spacial score (nSPS) is 19.9. The maximum atomic E-state index is 5.66. The summed E-state index contributed by atoms with van der Waals surface area (Å²) in [5.41, 5.74) is 8.95. The molecule has 1 aliphatic rings. The molecular formula is C13H18N2S2. The Bertz CT molecular complexity index is 412. The Morgan fingerprint density at radius 2 is 2.35 bits per heavy atom. The first-order valence-corrected chi connectivity index (χ1v) is 7.48. The van der Waals surface area contributed by atoms with Gasteiger partial charge in [0.15, 0.2) is 0 Å². The van der Waals surface area contributed by atoms with E-state index in [1.165, 1.54) is 30.0 Å². The number of thiocarbonyl (C=S) groups is 1. The first-order chi connectivity index (χ1) is 8.16. The number of rotatable bonds is 3. The number of anilines is 1. The molecule has 0 aliphatic carbocycles. The Morgan fingerprint density at radius 3 is 2.94 bits per heavy atom. The van der Waals surface area contributed by atoms with Crippen LogP contribution >= 0.6 is 24.0 Å². The maximum absolute atomic E-state index is 5.66. The molecule has 1 atom stereocenters. The lowest BCUT2D eigenvalue weighted by atomic mass is 10.1. The van der Waals surface area contributed by atoms with Crippen LogP contribution in [0, 0.1) is 6.92 Å². The van der Waals surface area contributed by atoms with E-state index in [9.17, 15) is 0 Å². The Labute approximate surface area is 112 Å². The summed E-state index contributed by atoms with van der Waals surface area (Å²) in [6.07, 6.45) is 2.58. The van der Waals surface area contributed by atoms with E-state index >= 15 is 0 Å². The van der Waals surface area contributed by atoms with Gasteiger partial charge in [0.05, 0.1) is 0 Å². The average molecular weight is 266 g/mol. The molecule has 17 heavy (non-hydrogen) atoms. The molecule has 0 radical (unpaired) electrons. The second-order valence-corrected chi connectivity index (χ2v) is 6.04. The number of thioether (sulfide) groups is 1. The largest absolute Gasteiger partial charge is 0.389 e. The van der Waals surface area contributed by atoms with Crippen molar-refractivity contribution in [2.45, 2.75) is 25.8 Å². The second kappa shape index (κ2) is 5.74. The molecule has 0 spiro atoms. The fourth-order valence-corrected chi connectivity index (χ4v) is 3.42. The topological polar surface area (TPSA) is 38.0 Å². The Morgan fingerprint density at radius 1 is 1.53 bits per heavy atom. The van der Waals surface area contributed by atoms with E-state index in [0.717, 1.165) is 11.1 Å². The summed E-state index contributed by atoms with van der Waals surface area (Å²) >= 11 is 7.04. The lowest BCUT2D eigenvalue weighted by Gasteiger charge is -2.24. The molecule has 1 saturated heterocycles. The van der Waals surface area contributed by atoms with Crippen molar-refractivity contribution in [1.29, 1.82) is 0 Å². The van der Waals surface area contributed by atoms with Gasteiger partial charge in [0.2, 0.25) is 0 Å². The Hall–Kier alpha value is -0.740. The van der Waals surface area contributed by atoms with E-state index in [2.05, 4.69) is 24.4 Å². The highest BCUT2D eigenvalue weighted by atomic mass is 32.2. The van der Waals surface area contributed by atoms with Gasteiger partial charge in [-0.2, -0.15) is 11.8 Å². The molecule has 1 aliphatic heterocycles. The molecule has 0 saturated carbocycles. The van der Waals surface area contributed by atoms with Crippen LogP contribution in [-0.4, -0.2) is 22.5 Å². The maximum Gasteiger partial charge on any atom is 0.104 e. The van der Waals surface area contributed by atoms with Gasteiger partial charge in [-0.1, -0.05) is 12.2 Å². The monoisotopic (exact) mass is 266 g/mol. The van der Waals surface area contributed by atoms with Crippen LogP contribution in [0.5, 0.6) is 0 Å². The van der Waals surface area contributed by atoms with Crippen molar-refractivity contribution >= 4 is 34.7 Å². The standard InChI is InChI=1S/C13H18N2S2/c1-9-7-10(4-5-12(9)13(14)16)15-11-3-2-6-17-8-11/h4-5,7,11,15H,2-3,6,8H2,1H3,(H2,14,16). The summed E-state index contributed by atoms with van der Waals surface area (Å²) in [6.45, 7) is 2.05. The molecule has 1 unspecified atom stereocenters. The highest BCUT2D eigenvalue weighted by Gasteiger charge is 2.13. The van der Waals surface area contributed by atoms with Crippen molar-refractivity contribution in [3.8, 4) is 0 Å². The first-order valence-electron chi connectivity index (χ1n) is 5.91. The number of hydrogen-bond acceptors (Lipinski definition) is 3. The van der Waals surface area contributed by atoms with E-state index in [-0.39, 0.29) is 0 Å². The van der Waals surface area contributed by atoms with Gasteiger partial charge in [-0.05, 0) is 49.3 Å². The summed E-state index contributed by atoms with van der Waals surface area (Å²) in [4.78, 5) is 0.474. The lowest BCUT2D eigenvalue weighted by molar-refractivity contribution is 0.685. The molecule has 0 bridgehead atoms. The molecule has 0 amide bonds. The molecule has 2 nitrogen and oxygen atoms in total. The molecule has 0 aromatic heterocycles. The number of nitrogens with one attached hydrogen (secondary N) is 1. The molecule has 1 fully saturated rings. The third-order valence-electron chi connectivity index (χ3n) is 3.02. The van der Waals surface area contributed by atoms with Gasteiger partial charge < -0.3 is 11.1 Å². The summed E-state index contributed by atoms with van der Waals surface area (Å²) in [5, 5.41) is 3.58.